The minimum atomic E-state index is -4.53. The third-order valence-corrected chi connectivity index (χ3v) is 4.28. The summed E-state index contributed by atoms with van der Waals surface area (Å²) in [4.78, 5) is 31.9. The summed E-state index contributed by atoms with van der Waals surface area (Å²) in [6, 6.07) is 0. The number of ether oxygens (including phenoxy) is 2. The van der Waals surface area contributed by atoms with Gasteiger partial charge in [-0.1, -0.05) is 4.40 Å². The number of hydrogen-bond donors (Lipinski definition) is 0. The van der Waals surface area contributed by atoms with Gasteiger partial charge in [0.15, 0.2) is 0 Å². The summed E-state index contributed by atoms with van der Waals surface area (Å²) in [5.41, 5.74) is -0.396. The third kappa shape index (κ3) is 2.87. The fourth-order valence-electron chi connectivity index (χ4n) is 1.18. The smallest absolute Gasteiger partial charge is 0.349 e. The molecule has 0 unspecified atom stereocenters. The van der Waals surface area contributed by atoms with Crippen molar-refractivity contribution in [1.82, 2.24) is 0 Å². The highest BCUT2D eigenvalue weighted by Crippen LogP contribution is 2.30. The Balaban J connectivity index is 3.65. The number of hydrogen-bond acceptors (Lipinski definition) is 8. The maximum absolute atomic E-state index is 11.7. The van der Waals surface area contributed by atoms with Crippen LogP contribution in [0.2, 0.25) is 0 Å². The quantitative estimate of drug-likeness (QED) is 0.447. The van der Waals surface area contributed by atoms with Crippen LogP contribution in [0.5, 0.6) is 0 Å². The molecule has 0 N–H and O–H groups in total. The SMILES string of the molecule is COC(=O)c1csc(C(=O)OC)c1S(=O)(=O)N=C=O. The van der Waals surface area contributed by atoms with Crippen molar-refractivity contribution in [1.29, 1.82) is 0 Å². The number of rotatable bonds is 4. The Morgan fingerprint density at radius 2 is 1.84 bits per heavy atom. The average molecular weight is 305 g/mol. The first kappa shape index (κ1) is 15.0. The van der Waals surface area contributed by atoms with Crippen LogP contribution in [0.25, 0.3) is 0 Å². The van der Waals surface area contributed by atoms with E-state index in [1.165, 1.54) is 0 Å². The molecule has 0 fully saturated rings. The number of esters is 2. The summed E-state index contributed by atoms with van der Waals surface area (Å²) in [5, 5.41) is 1.10. The normalized spacial score (nSPS) is 10.4. The lowest BCUT2D eigenvalue weighted by Gasteiger charge is -2.02. The maximum Gasteiger partial charge on any atom is 0.349 e. The second-order valence-corrected chi connectivity index (χ2v) is 5.37. The van der Waals surface area contributed by atoms with E-state index in [1.54, 1.807) is 0 Å². The number of carbonyl (C=O) groups excluding carboxylic acids is 3. The molecule has 0 aliphatic carbocycles. The van der Waals surface area contributed by atoms with Crippen molar-refractivity contribution in [3.63, 3.8) is 0 Å². The maximum atomic E-state index is 11.7. The lowest BCUT2D eigenvalue weighted by Crippen LogP contribution is -2.11. The van der Waals surface area contributed by atoms with E-state index < -0.39 is 32.4 Å². The van der Waals surface area contributed by atoms with Crippen LogP contribution in [0.4, 0.5) is 0 Å². The van der Waals surface area contributed by atoms with Gasteiger partial charge >= 0.3 is 11.9 Å². The Kier molecular flexibility index (Phi) is 4.54. The Morgan fingerprint density at radius 3 is 2.32 bits per heavy atom. The molecule has 1 heterocycles. The van der Waals surface area contributed by atoms with E-state index in [0.29, 0.717) is 11.3 Å². The Hall–Kier alpha value is -2.03. The van der Waals surface area contributed by atoms with E-state index in [1.807, 2.05) is 0 Å². The molecule has 0 saturated heterocycles. The molecule has 0 radical (unpaired) electrons. The summed E-state index contributed by atoms with van der Waals surface area (Å²) >= 11 is 0.661. The van der Waals surface area contributed by atoms with Crippen molar-refractivity contribution in [3.05, 3.63) is 15.8 Å². The van der Waals surface area contributed by atoms with Gasteiger partial charge in [-0.15, -0.1) is 11.3 Å². The van der Waals surface area contributed by atoms with Crippen LogP contribution < -0.4 is 0 Å². The molecule has 1 aromatic rings. The van der Waals surface area contributed by atoms with Crippen molar-refractivity contribution >= 4 is 39.4 Å². The predicted molar refractivity (Wildman–Crippen MR) is 62.3 cm³/mol. The van der Waals surface area contributed by atoms with Gasteiger partial charge in [0.2, 0.25) is 0 Å². The van der Waals surface area contributed by atoms with Crippen LogP contribution in [0, 0.1) is 0 Å². The fraction of sp³-hybridized carbons (Fsp3) is 0.222. The zero-order chi connectivity index (χ0) is 14.6. The molecule has 10 heteroatoms. The van der Waals surface area contributed by atoms with Gasteiger partial charge in [-0.05, 0) is 0 Å². The molecule has 0 amide bonds. The molecule has 1 rings (SSSR count). The predicted octanol–water partition coefficient (Wildman–Crippen LogP) is 0.346. The first-order valence-corrected chi connectivity index (χ1v) is 6.83. The minimum Gasteiger partial charge on any atom is -0.465 e. The summed E-state index contributed by atoms with van der Waals surface area (Å²) in [6.07, 6.45) is 0.852. The summed E-state index contributed by atoms with van der Waals surface area (Å²) in [5.74, 6) is -1.95. The topological polar surface area (TPSA) is 116 Å². The van der Waals surface area contributed by atoms with Gasteiger partial charge in [0.1, 0.15) is 9.77 Å². The third-order valence-electron chi connectivity index (χ3n) is 1.94. The number of carbonyl (C=O) groups is 2. The lowest BCUT2D eigenvalue weighted by molar-refractivity contribution is 0.0595. The summed E-state index contributed by atoms with van der Waals surface area (Å²) < 4.78 is 34.9. The highest BCUT2D eigenvalue weighted by Gasteiger charge is 2.32. The number of isocyanates is 1. The molecule has 1 aromatic heterocycles. The molecule has 0 spiro atoms. The van der Waals surface area contributed by atoms with Crippen LogP contribution >= 0.6 is 11.3 Å². The van der Waals surface area contributed by atoms with Gasteiger partial charge < -0.3 is 9.47 Å². The first-order valence-electron chi connectivity index (χ1n) is 4.51. The van der Waals surface area contributed by atoms with Crippen molar-refractivity contribution in [2.45, 2.75) is 4.90 Å². The summed E-state index contributed by atoms with van der Waals surface area (Å²) in [6.45, 7) is 0. The monoisotopic (exact) mass is 305 g/mol. The van der Waals surface area contributed by atoms with Crippen LogP contribution in [0.1, 0.15) is 20.0 Å². The van der Waals surface area contributed by atoms with Gasteiger partial charge in [0.25, 0.3) is 16.1 Å². The molecule has 0 saturated carbocycles. The Bertz CT molecular complexity index is 633. The minimum absolute atomic E-state index is 0.373. The van der Waals surface area contributed by atoms with Crippen LogP contribution in [-0.2, 0) is 24.3 Å². The molecule has 0 bridgehead atoms. The average Bonchev–Trinajstić information content (AvgIpc) is 2.82. The largest absolute Gasteiger partial charge is 0.465 e. The fourth-order valence-corrected chi connectivity index (χ4v) is 3.49. The molecule has 102 valence electrons. The molecule has 19 heavy (non-hydrogen) atoms. The zero-order valence-electron chi connectivity index (χ0n) is 9.70. The Labute approximate surface area is 111 Å². The van der Waals surface area contributed by atoms with Gasteiger partial charge in [0.05, 0.1) is 19.8 Å². The highest BCUT2D eigenvalue weighted by molar-refractivity contribution is 7.90. The molecule has 0 aliphatic heterocycles. The van der Waals surface area contributed by atoms with Crippen molar-refractivity contribution in [3.8, 4) is 0 Å². The second-order valence-electron chi connectivity index (χ2n) is 2.95. The van der Waals surface area contributed by atoms with E-state index in [0.717, 1.165) is 25.7 Å². The van der Waals surface area contributed by atoms with E-state index in [-0.39, 0.29) is 4.88 Å². The molecular weight excluding hydrogens is 298 g/mol. The van der Waals surface area contributed by atoms with E-state index >= 15 is 0 Å². The number of thiophene rings is 1. The molecule has 8 nitrogen and oxygen atoms in total. The number of nitrogens with zero attached hydrogens (tertiary/aromatic N) is 1. The standard InChI is InChI=1S/C9H7NO7S2/c1-16-8(12)5-3-18-6(9(13)17-2)7(5)19(14,15)10-4-11/h3H,1-2H3. The number of methoxy groups -OCH3 is 2. The second kappa shape index (κ2) is 5.74. The van der Waals surface area contributed by atoms with Gasteiger partial charge in [-0.25, -0.2) is 14.4 Å². The van der Waals surface area contributed by atoms with E-state index in [4.69, 9.17) is 0 Å². The zero-order valence-corrected chi connectivity index (χ0v) is 11.3. The van der Waals surface area contributed by atoms with Gasteiger partial charge in [-0.2, -0.15) is 8.42 Å². The van der Waals surface area contributed by atoms with Crippen molar-refractivity contribution in [2.75, 3.05) is 14.2 Å². The van der Waals surface area contributed by atoms with Gasteiger partial charge in [0, 0.05) is 5.38 Å². The molecule has 0 atom stereocenters. The summed E-state index contributed by atoms with van der Waals surface area (Å²) in [7, 11) is -2.45. The van der Waals surface area contributed by atoms with E-state index in [2.05, 4.69) is 13.9 Å². The molecular formula is C9H7NO7S2. The lowest BCUT2D eigenvalue weighted by atomic mass is 10.3. The van der Waals surface area contributed by atoms with Crippen LogP contribution in [-0.4, -0.2) is 40.7 Å². The number of sulfonamides is 1. The van der Waals surface area contributed by atoms with Crippen molar-refractivity contribution in [2.24, 2.45) is 4.40 Å². The molecule has 0 aromatic carbocycles. The highest BCUT2D eigenvalue weighted by atomic mass is 32.2. The Morgan fingerprint density at radius 1 is 1.26 bits per heavy atom. The van der Waals surface area contributed by atoms with Crippen LogP contribution in [0.15, 0.2) is 14.7 Å². The van der Waals surface area contributed by atoms with Crippen molar-refractivity contribution < 1.29 is 32.3 Å². The van der Waals surface area contributed by atoms with E-state index in [9.17, 15) is 22.8 Å². The molecule has 0 aliphatic rings. The van der Waals surface area contributed by atoms with Crippen LogP contribution in [0.3, 0.4) is 0 Å². The van der Waals surface area contributed by atoms with Gasteiger partial charge in [-0.3, -0.25) is 0 Å². The first-order chi connectivity index (χ1) is 8.88.